The molecular formula is C23H24N2O4. The lowest BCUT2D eigenvalue weighted by Gasteiger charge is -2.17. The van der Waals surface area contributed by atoms with Gasteiger partial charge in [-0.3, -0.25) is 9.59 Å². The zero-order valence-electron chi connectivity index (χ0n) is 16.6. The Kier molecular flexibility index (Phi) is 6.75. The second kappa shape index (κ2) is 9.65. The molecule has 1 atom stereocenters. The number of amides is 2. The molecule has 3 rings (SSSR count). The lowest BCUT2D eigenvalue weighted by Crippen LogP contribution is -2.33. The molecule has 1 aliphatic heterocycles. The highest BCUT2D eigenvalue weighted by Gasteiger charge is 2.35. The largest absolute Gasteiger partial charge is 0.497 e. The monoisotopic (exact) mass is 392 g/mol. The number of anilines is 1. The van der Waals surface area contributed by atoms with Gasteiger partial charge in [0.15, 0.2) is 0 Å². The minimum absolute atomic E-state index is 0.0730. The number of hydrogen-bond donors (Lipinski definition) is 1. The van der Waals surface area contributed by atoms with E-state index in [4.69, 9.17) is 9.47 Å². The number of aryl methyl sites for hydroxylation is 1. The summed E-state index contributed by atoms with van der Waals surface area (Å²) in [7, 11) is 1.58. The van der Waals surface area contributed by atoms with E-state index >= 15 is 0 Å². The third kappa shape index (κ3) is 5.29. The predicted octanol–water partition coefficient (Wildman–Crippen LogP) is 2.56. The maximum Gasteiger partial charge on any atom is 0.227 e. The molecule has 2 aromatic rings. The Labute approximate surface area is 170 Å². The minimum atomic E-state index is -0.390. The molecule has 29 heavy (non-hydrogen) atoms. The van der Waals surface area contributed by atoms with Crippen molar-refractivity contribution in [3.63, 3.8) is 0 Å². The summed E-state index contributed by atoms with van der Waals surface area (Å²) in [5, 5.41) is 2.78. The lowest BCUT2D eigenvalue weighted by atomic mass is 10.1. The lowest BCUT2D eigenvalue weighted by molar-refractivity contribution is -0.126. The van der Waals surface area contributed by atoms with Gasteiger partial charge in [0.05, 0.1) is 19.6 Å². The van der Waals surface area contributed by atoms with Crippen LogP contribution in [0.4, 0.5) is 5.69 Å². The van der Waals surface area contributed by atoms with Crippen LogP contribution in [0.1, 0.15) is 12.0 Å². The van der Waals surface area contributed by atoms with Crippen LogP contribution < -0.4 is 19.7 Å². The molecule has 1 saturated heterocycles. The Morgan fingerprint density at radius 2 is 2.03 bits per heavy atom. The summed E-state index contributed by atoms with van der Waals surface area (Å²) in [6.07, 6.45) is 0.187. The number of para-hydroxylation sites is 1. The number of nitrogens with zero attached hydrogens (tertiary/aromatic N) is 1. The third-order valence-corrected chi connectivity index (χ3v) is 4.73. The number of methoxy groups -OCH3 is 1. The zero-order valence-corrected chi connectivity index (χ0v) is 16.6. The maximum atomic E-state index is 12.4. The average molecular weight is 392 g/mol. The van der Waals surface area contributed by atoms with Gasteiger partial charge in [-0.2, -0.15) is 0 Å². The molecule has 1 N–H and O–H groups in total. The van der Waals surface area contributed by atoms with Crippen LogP contribution in [0, 0.1) is 24.7 Å². The number of carbonyl (C=O) groups excluding carboxylic acids is 2. The van der Waals surface area contributed by atoms with E-state index in [1.54, 1.807) is 18.1 Å². The van der Waals surface area contributed by atoms with Crippen molar-refractivity contribution in [3.05, 3.63) is 54.1 Å². The molecule has 0 bridgehead atoms. The molecule has 2 aromatic carbocycles. The summed E-state index contributed by atoms with van der Waals surface area (Å²) in [4.78, 5) is 26.3. The van der Waals surface area contributed by atoms with Crippen molar-refractivity contribution in [2.75, 3.05) is 31.7 Å². The van der Waals surface area contributed by atoms with Crippen molar-refractivity contribution in [3.8, 4) is 23.3 Å². The van der Waals surface area contributed by atoms with Gasteiger partial charge in [0, 0.05) is 24.7 Å². The summed E-state index contributed by atoms with van der Waals surface area (Å²) in [6, 6.07) is 15.0. The van der Waals surface area contributed by atoms with Crippen LogP contribution in [0.15, 0.2) is 48.5 Å². The first-order valence-corrected chi connectivity index (χ1v) is 9.44. The zero-order chi connectivity index (χ0) is 20.6. The average Bonchev–Trinajstić information content (AvgIpc) is 3.13. The Hall–Kier alpha value is -3.46. The van der Waals surface area contributed by atoms with E-state index in [0.29, 0.717) is 12.3 Å². The molecule has 2 amide bonds. The number of hydrogen-bond acceptors (Lipinski definition) is 4. The summed E-state index contributed by atoms with van der Waals surface area (Å²) < 4.78 is 10.8. The van der Waals surface area contributed by atoms with Crippen molar-refractivity contribution < 1.29 is 19.1 Å². The van der Waals surface area contributed by atoms with Crippen LogP contribution in [0.3, 0.4) is 0 Å². The number of ether oxygens (including phenoxy) is 2. The van der Waals surface area contributed by atoms with Gasteiger partial charge in [-0.15, -0.1) is 0 Å². The highest BCUT2D eigenvalue weighted by atomic mass is 16.5. The van der Waals surface area contributed by atoms with Crippen molar-refractivity contribution in [2.45, 2.75) is 13.3 Å². The molecule has 0 aromatic heterocycles. The van der Waals surface area contributed by atoms with Crippen LogP contribution in [-0.2, 0) is 9.59 Å². The van der Waals surface area contributed by atoms with Crippen molar-refractivity contribution in [2.24, 2.45) is 5.92 Å². The first-order chi connectivity index (χ1) is 14.1. The molecule has 1 fully saturated rings. The molecule has 6 nitrogen and oxygen atoms in total. The van der Waals surface area contributed by atoms with Crippen LogP contribution in [0.2, 0.25) is 0 Å². The van der Waals surface area contributed by atoms with E-state index in [0.717, 1.165) is 17.0 Å². The fraction of sp³-hybridized carbons (Fsp3) is 0.304. The summed E-state index contributed by atoms with van der Waals surface area (Å²) >= 11 is 0. The molecule has 0 saturated carbocycles. The highest BCUT2D eigenvalue weighted by molar-refractivity contribution is 6.00. The first kappa shape index (κ1) is 20.3. The van der Waals surface area contributed by atoms with Gasteiger partial charge in [-0.25, -0.2) is 0 Å². The van der Waals surface area contributed by atoms with Gasteiger partial charge < -0.3 is 19.7 Å². The smallest absolute Gasteiger partial charge is 0.227 e. The Morgan fingerprint density at radius 3 is 2.83 bits per heavy atom. The molecule has 0 radical (unpaired) electrons. The summed E-state index contributed by atoms with van der Waals surface area (Å²) in [6.45, 7) is 2.80. The molecular weight excluding hydrogens is 368 g/mol. The van der Waals surface area contributed by atoms with Crippen LogP contribution in [0.5, 0.6) is 11.5 Å². The third-order valence-electron chi connectivity index (χ3n) is 4.73. The van der Waals surface area contributed by atoms with Crippen LogP contribution in [0.25, 0.3) is 0 Å². The molecule has 0 spiro atoms. The van der Waals surface area contributed by atoms with Gasteiger partial charge in [0.1, 0.15) is 18.1 Å². The van der Waals surface area contributed by atoms with E-state index in [1.807, 2.05) is 49.4 Å². The van der Waals surface area contributed by atoms with Crippen molar-refractivity contribution in [1.29, 1.82) is 0 Å². The minimum Gasteiger partial charge on any atom is -0.497 e. The van der Waals surface area contributed by atoms with E-state index < -0.39 is 5.92 Å². The topological polar surface area (TPSA) is 67.9 Å². The van der Waals surface area contributed by atoms with Crippen molar-refractivity contribution >= 4 is 17.5 Å². The standard InChI is InChI=1S/C23H24N2O4/c1-17-8-3-4-11-21(17)29-13-6-5-12-24-23(27)18-14-22(26)25(16-18)19-9-7-10-20(15-19)28-2/h3-4,7-11,15,18H,12-14,16H2,1-2H3,(H,24,27). The number of benzene rings is 2. The second-order valence-electron chi connectivity index (χ2n) is 6.73. The van der Waals surface area contributed by atoms with Gasteiger partial charge >= 0.3 is 0 Å². The Morgan fingerprint density at radius 1 is 1.21 bits per heavy atom. The number of rotatable bonds is 6. The van der Waals surface area contributed by atoms with Gasteiger partial charge in [-0.1, -0.05) is 36.1 Å². The van der Waals surface area contributed by atoms with Gasteiger partial charge in [-0.05, 0) is 30.7 Å². The normalized spacial score (nSPS) is 15.4. The Balaban J connectivity index is 1.46. The van der Waals surface area contributed by atoms with Gasteiger partial charge in [0.2, 0.25) is 11.8 Å². The van der Waals surface area contributed by atoms with E-state index in [1.165, 1.54) is 0 Å². The molecule has 1 aliphatic rings. The van der Waals surface area contributed by atoms with E-state index in [2.05, 4.69) is 17.2 Å². The maximum absolute atomic E-state index is 12.4. The number of carbonyl (C=O) groups is 2. The quantitative estimate of drug-likeness (QED) is 0.768. The van der Waals surface area contributed by atoms with E-state index in [-0.39, 0.29) is 31.4 Å². The van der Waals surface area contributed by atoms with E-state index in [9.17, 15) is 9.59 Å². The SMILES string of the molecule is COc1cccc(N2CC(C(=O)NCC#CCOc3ccccc3C)CC2=O)c1. The summed E-state index contributed by atoms with van der Waals surface area (Å²) in [5.74, 6) is 6.60. The summed E-state index contributed by atoms with van der Waals surface area (Å²) in [5.41, 5.74) is 1.78. The molecule has 150 valence electrons. The molecule has 1 unspecified atom stereocenters. The second-order valence-corrected chi connectivity index (χ2v) is 6.73. The molecule has 1 heterocycles. The van der Waals surface area contributed by atoms with Gasteiger partial charge in [0.25, 0.3) is 0 Å². The van der Waals surface area contributed by atoms with Crippen LogP contribution >= 0.6 is 0 Å². The highest BCUT2D eigenvalue weighted by Crippen LogP contribution is 2.27. The molecule has 6 heteroatoms. The Bertz CT molecular complexity index is 945. The van der Waals surface area contributed by atoms with Crippen LogP contribution in [-0.4, -0.2) is 38.6 Å². The first-order valence-electron chi connectivity index (χ1n) is 9.44. The fourth-order valence-electron chi connectivity index (χ4n) is 3.13. The molecule has 0 aliphatic carbocycles. The number of nitrogens with one attached hydrogen (secondary N) is 1. The van der Waals surface area contributed by atoms with Crippen molar-refractivity contribution in [1.82, 2.24) is 5.32 Å². The predicted molar refractivity (Wildman–Crippen MR) is 111 cm³/mol. The fourth-order valence-corrected chi connectivity index (χ4v) is 3.13.